The van der Waals surface area contributed by atoms with E-state index in [1.165, 1.54) is 41.4 Å². The van der Waals surface area contributed by atoms with Gasteiger partial charge in [0, 0.05) is 28.5 Å². The minimum Gasteiger partial charge on any atom is -0.319 e. The fourth-order valence-electron chi connectivity index (χ4n) is 2.22. The maximum absolute atomic E-state index is 13.8. The Labute approximate surface area is 149 Å². The van der Waals surface area contributed by atoms with Crippen molar-refractivity contribution < 1.29 is 14.1 Å². The number of amides is 1. The molecule has 1 N–H and O–H groups in total. The predicted octanol–water partition coefficient (Wildman–Crippen LogP) is 3.93. The molecular weight excluding hydrogens is 395 g/mol. The molecule has 25 heavy (non-hydrogen) atoms. The molecule has 0 radical (unpaired) electrons. The first-order valence-electron chi connectivity index (χ1n) is 6.99. The standard InChI is InChI=1S/C16H10BrFN4O3/c17-11-2-3-13(12(18)8-11)20-16(23)10-1-4-14(15(7-10)22(24)25)21-6-5-19-9-21/h1-9H,(H,20,23). The molecular formula is C16H10BrFN4O3. The quantitative estimate of drug-likeness (QED) is 0.526. The van der Waals surface area contributed by atoms with Gasteiger partial charge in [-0.2, -0.15) is 0 Å². The highest BCUT2D eigenvalue weighted by Crippen LogP contribution is 2.25. The molecule has 0 unspecified atom stereocenters. The van der Waals surface area contributed by atoms with Gasteiger partial charge in [0.25, 0.3) is 11.6 Å². The number of aromatic nitrogens is 2. The molecule has 0 bridgehead atoms. The van der Waals surface area contributed by atoms with Crippen LogP contribution in [0.2, 0.25) is 0 Å². The van der Waals surface area contributed by atoms with E-state index in [-0.39, 0.29) is 22.6 Å². The number of hydrogen-bond acceptors (Lipinski definition) is 4. The van der Waals surface area contributed by atoms with Crippen LogP contribution in [-0.2, 0) is 0 Å². The number of benzene rings is 2. The third-order valence-corrected chi connectivity index (χ3v) is 3.89. The normalized spacial score (nSPS) is 10.5. The third-order valence-electron chi connectivity index (χ3n) is 3.40. The van der Waals surface area contributed by atoms with E-state index in [0.29, 0.717) is 4.47 Å². The van der Waals surface area contributed by atoms with Gasteiger partial charge >= 0.3 is 0 Å². The van der Waals surface area contributed by atoms with Crippen LogP contribution in [0.25, 0.3) is 5.69 Å². The van der Waals surface area contributed by atoms with Crippen LogP contribution in [0.3, 0.4) is 0 Å². The second-order valence-electron chi connectivity index (χ2n) is 5.01. The van der Waals surface area contributed by atoms with Crippen molar-refractivity contribution in [3.63, 3.8) is 0 Å². The van der Waals surface area contributed by atoms with E-state index >= 15 is 0 Å². The van der Waals surface area contributed by atoms with E-state index in [1.54, 1.807) is 12.3 Å². The van der Waals surface area contributed by atoms with Gasteiger partial charge in [0.2, 0.25) is 0 Å². The fourth-order valence-corrected chi connectivity index (χ4v) is 2.55. The van der Waals surface area contributed by atoms with Crippen molar-refractivity contribution in [3.05, 3.63) is 81.1 Å². The highest BCUT2D eigenvalue weighted by molar-refractivity contribution is 9.10. The summed E-state index contributed by atoms with van der Waals surface area (Å²) in [5.74, 6) is -1.27. The van der Waals surface area contributed by atoms with E-state index in [2.05, 4.69) is 26.2 Å². The molecule has 0 aliphatic carbocycles. The van der Waals surface area contributed by atoms with Crippen molar-refractivity contribution in [3.8, 4) is 5.69 Å². The van der Waals surface area contributed by atoms with Gasteiger partial charge in [0.05, 0.1) is 16.9 Å². The van der Waals surface area contributed by atoms with Crippen molar-refractivity contribution in [2.75, 3.05) is 5.32 Å². The molecule has 9 heteroatoms. The molecule has 3 rings (SSSR count). The topological polar surface area (TPSA) is 90.1 Å². The van der Waals surface area contributed by atoms with Crippen molar-refractivity contribution in [1.82, 2.24) is 9.55 Å². The number of imidazole rings is 1. The molecule has 0 aliphatic heterocycles. The van der Waals surface area contributed by atoms with Gasteiger partial charge in [-0.1, -0.05) is 15.9 Å². The first kappa shape index (κ1) is 16.8. The van der Waals surface area contributed by atoms with Gasteiger partial charge in [-0.15, -0.1) is 0 Å². The van der Waals surface area contributed by atoms with Crippen LogP contribution in [0.15, 0.2) is 59.6 Å². The molecule has 0 aliphatic rings. The molecule has 1 heterocycles. The Morgan fingerprint density at radius 2 is 2.08 bits per heavy atom. The number of halogens is 2. The van der Waals surface area contributed by atoms with Crippen molar-refractivity contribution in [1.29, 1.82) is 0 Å². The fraction of sp³-hybridized carbons (Fsp3) is 0. The molecule has 0 saturated carbocycles. The number of nitro groups is 1. The highest BCUT2D eigenvalue weighted by atomic mass is 79.9. The number of nitro benzene ring substituents is 1. The molecule has 0 spiro atoms. The second-order valence-corrected chi connectivity index (χ2v) is 5.92. The summed E-state index contributed by atoms with van der Waals surface area (Å²) in [6.45, 7) is 0. The Kier molecular flexibility index (Phi) is 4.57. The Morgan fingerprint density at radius 3 is 2.72 bits per heavy atom. The van der Waals surface area contributed by atoms with Crippen LogP contribution in [0.1, 0.15) is 10.4 Å². The first-order valence-corrected chi connectivity index (χ1v) is 7.78. The monoisotopic (exact) mass is 404 g/mol. The molecule has 2 aromatic carbocycles. The van der Waals surface area contributed by atoms with Crippen molar-refractivity contribution >= 4 is 33.2 Å². The van der Waals surface area contributed by atoms with Gasteiger partial charge in [-0.05, 0) is 30.3 Å². The minimum atomic E-state index is -0.651. The summed E-state index contributed by atoms with van der Waals surface area (Å²) >= 11 is 3.12. The number of rotatable bonds is 4. The molecule has 0 fully saturated rings. The average Bonchev–Trinajstić information content (AvgIpc) is 3.11. The number of carbonyl (C=O) groups excluding carboxylic acids is 1. The molecule has 7 nitrogen and oxygen atoms in total. The maximum Gasteiger partial charge on any atom is 0.294 e. The number of anilines is 1. The van der Waals surface area contributed by atoms with Gasteiger partial charge in [0.15, 0.2) is 0 Å². The summed E-state index contributed by atoms with van der Waals surface area (Å²) in [7, 11) is 0. The van der Waals surface area contributed by atoms with E-state index in [4.69, 9.17) is 0 Å². The molecule has 1 amide bonds. The highest BCUT2D eigenvalue weighted by Gasteiger charge is 2.19. The molecule has 0 saturated heterocycles. The van der Waals surface area contributed by atoms with Crippen LogP contribution < -0.4 is 5.32 Å². The number of carbonyl (C=O) groups is 1. The van der Waals surface area contributed by atoms with E-state index in [9.17, 15) is 19.3 Å². The number of nitrogens with one attached hydrogen (secondary N) is 1. The lowest BCUT2D eigenvalue weighted by Gasteiger charge is -2.09. The number of hydrogen-bond donors (Lipinski definition) is 1. The van der Waals surface area contributed by atoms with Crippen LogP contribution in [0.5, 0.6) is 0 Å². The lowest BCUT2D eigenvalue weighted by Crippen LogP contribution is -2.13. The molecule has 1 aromatic heterocycles. The third kappa shape index (κ3) is 3.56. The Bertz CT molecular complexity index is 960. The van der Waals surface area contributed by atoms with Gasteiger partial charge in [0.1, 0.15) is 11.5 Å². The maximum atomic E-state index is 13.8. The SMILES string of the molecule is O=C(Nc1ccc(Br)cc1F)c1ccc(-n2ccnc2)c([N+](=O)[O-])c1. The molecule has 3 aromatic rings. The Morgan fingerprint density at radius 1 is 1.28 bits per heavy atom. The summed E-state index contributed by atoms with van der Waals surface area (Å²) < 4.78 is 15.8. The Balaban J connectivity index is 1.93. The largest absolute Gasteiger partial charge is 0.319 e. The zero-order valence-corrected chi connectivity index (χ0v) is 14.1. The van der Waals surface area contributed by atoms with Gasteiger partial charge in [-0.25, -0.2) is 9.37 Å². The van der Waals surface area contributed by atoms with Crippen LogP contribution in [0.4, 0.5) is 15.8 Å². The molecule has 126 valence electrons. The summed E-state index contributed by atoms with van der Waals surface area (Å²) in [6.07, 6.45) is 4.46. The average molecular weight is 405 g/mol. The smallest absolute Gasteiger partial charge is 0.294 e. The summed E-state index contributed by atoms with van der Waals surface area (Å²) in [5, 5.41) is 13.7. The van der Waals surface area contributed by atoms with Gasteiger partial charge in [-0.3, -0.25) is 14.9 Å². The summed E-state index contributed by atoms with van der Waals surface area (Å²) in [6, 6.07) is 8.18. The minimum absolute atomic E-state index is 0.0189. The van der Waals surface area contributed by atoms with E-state index in [0.717, 1.165) is 6.07 Å². The predicted molar refractivity (Wildman–Crippen MR) is 92.3 cm³/mol. The molecule has 0 atom stereocenters. The Hall–Kier alpha value is -3.07. The van der Waals surface area contributed by atoms with E-state index < -0.39 is 16.6 Å². The summed E-state index contributed by atoms with van der Waals surface area (Å²) in [5.41, 5.74) is 0.0308. The first-order chi connectivity index (χ1) is 12.0. The second kappa shape index (κ2) is 6.81. The zero-order valence-electron chi connectivity index (χ0n) is 12.5. The van der Waals surface area contributed by atoms with E-state index in [1.807, 2.05) is 0 Å². The van der Waals surface area contributed by atoms with Crippen LogP contribution >= 0.6 is 15.9 Å². The van der Waals surface area contributed by atoms with Crippen LogP contribution in [-0.4, -0.2) is 20.4 Å². The number of nitrogens with zero attached hydrogens (tertiary/aromatic N) is 3. The zero-order chi connectivity index (χ0) is 18.0. The summed E-state index contributed by atoms with van der Waals surface area (Å²) in [4.78, 5) is 26.9. The van der Waals surface area contributed by atoms with Crippen LogP contribution in [0, 0.1) is 15.9 Å². The lowest BCUT2D eigenvalue weighted by atomic mass is 10.1. The lowest BCUT2D eigenvalue weighted by molar-refractivity contribution is -0.384. The van der Waals surface area contributed by atoms with Gasteiger partial charge < -0.3 is 9.88 Å². The van der Waals surface area contributed by atoms with Crippen molar-refractivity contribution in [2.45, 2.75) is 0 Å². The van der Waals surface area contributed by atoms with Crippen molar-refractivity contribution in [2.24, 2.45) is 0 Å².